The van der Waals surface area contributed by atoms with Gasteiger partial charge in [0.25, 0.3) is 0 Å². The maximum Gasteiger partial charge on any atom is 0.333 e. The molecule has 1 fully saturated rings. The number of aliphatic hydroxyl groups is 10. The van der Waals surface area contributed by atoms with Crippen LogP contribution in [0, 0.1) is 29.6 Å². The quantitative estimate of drug-likeness (QED) is 0.0423. The Kier molecular flexibility index (Phi) is 22.1. The number of hydrogen-bond acceptors (Lipinski definition) is 14. The second kappa shape index (κ2) is 23.9. The number of aliphatic hydroxyl groups excluding tert-OH is 10. The van der Waals surface area contributed by atoms with Crippen molar-refractivity contribution in [1.82, 2.24) is 0 Å². The Morgan fingerprint density at radius 1 is 0.722 bits per heavy atom. The van der Waals surface area contributed by atoms with Crippen LogP contribution in [0.3, 0.4) is 0 Å². The fourth-order valence-corrected chi connectivity index (χ4v) is 6.77. The first kappa shape index (κ1) is 50.0. The van der Waals surface area contributed by atoms with E-state index in [1.165, 1.54) is 13.0 Å². The molecule has 1 aliphatic heterocycles. The van der Waals surface area contributed by atoms with Crippen LogP contribution in [0.5, 0.6) is 0 Å². The Hall–Kier alpha value is -2.05. The Morgan fingerprint density at radius 2 is 1.26 bits per heavy atom. The van der Waals surface area contributed by atoms with Crippen LogP contribution in [0.4, 0.5) is 0 Å². The number of ether oxygens (including phenoxy) is 3. The molecule has 0 aromatic carbocycles. The van der Waals surface area contributed by atoms with Crippen molar-refractivity contribution in [3.63, 3.8) is 0 Å². The molecule has 8 unspecified atom stereocenters. The van der Waals surface area contributed by atoms with Crippen LogP contribution in [-0.2, 0) is 19.0 Å². The number of esters is 1. The van der Waals surface area contributed by atoms with Gasteiger partial charge < -0.3 is 65.3 Å². The lowest BCUT2D eigenvalue weighted by Gasteiger charge is -2.41. The van der Waals surface area contributed by atoms with E-state index < -0.39 is 105 Å². The van der Waals surface area contributed by atoms with Gasteiger partial charge in [-0.2, -0.15) is 0 Å². The van der Waals surface area contributed by atoms with Gasteiger partial charge in [-0.15, -0.1) is 0 Å². The van der Waals surface area contributed by atoms with E-state index in [1.807, 2.05) is 19.9 Å². The fourth-order valence-electron chi connectivity index (χ4n) is 6.77. The van der Waals surface area contributed by atoms with Gasteiger partial charge >= 0.3 is 5.97 Å². The van der Waals surface area contributed by atoms with E-state index in [4.69, 9.17) is 19.3 Å². The first-order valence-corrected chi connectivity index (χ1v) is 19.0. The molecule has 10 N–H and O–H groups in total. The molecular formula is C40H70O14. The molecule has 314 valence electrons. The van der Waals surface area contributed by atoms with E-state index in [1.54, 1.807) is 33.8 Å². The van der Waals surface area contributed by atoms with Crippen molar-refractivity contribution in [2.24, 2.45) is 29.6 Å². The van der Waals surface area contributed by atoms with E-state index >= 15 is 0 Å². The van der Waals surface area contributed by atoms with Crippen LogP contribution >= 0.6 is 0 Å². The minimum Gasteiger partial charge on any atom is -0.454 e. The number of carbonyl (C=O) groups is 1. The summed E-state index contributed by atoms with van der Waals surface area (Å²) >= 11 is 0. The van der Waals surface area contributed by atoms with Gasteiger partial charge in [0, 0.05) is 23.3 Å². The third-order valence-electron chi connectivity index (χ3n) is 10.3. The summed E-state index contributed by atoms with van der Waals surface area (Å²) in [6.45, 7) is 16.4. The largest absolute Gasteiger partial charge is 0.454 e. The molecule has 1 saturated heterocycles. The van der Waals surface area contributed by atoms with Crippen molar-refractivity contribution in [2.75, 3.05) is 19.8 Å². The van der Waals surface area contributed by atoms with Crippen LogP contribution in [0.15, 0.2) is 46.6 Å². The molecule has 1 aliphatic rings. The second-order valence-corrected chi connectivity index (χ2v) is 15.4. The van der Waals surface area contributed by atoms with Gasteiger partial charge in [-0.3, -0.25) is 0 Å². The van der Waals surface area contributed by atoms with E-state index in [2.05, 4.69) is 26.8 Å². The maximum absolute atomic E-state index is 12.6. The monoisotopic (exact) mass is 774 g/mol. The van der Waals surface area contributed by atoms with Crippen molar-refractivity contribution in [1.29, 1.82) is 0 Å². The summed E-state index contributed by atoms with van der Waals surface area (Å²) in [4.78, 5) is 12.6. The molecule has 16 atom stereocenters. The van der Waals surface area contributed by atoms with Crippen LogP contribution in [0.1, 0.15) is 82.1 Å². The Bertz CT molecular complexity index is 1250. The smallest absolute Gasteiger partial charge is 0.333 e. The summed E-state index contributed by atoms with van der Waals surface area (Å²) < 4.78 is 17.1. The van der Waals surface area contributed by atoms with Crippen LogP contribution in [0.2, 0.25) is 0 Å². The number of hydrogen-bond donors (Lipinski definition) is 10. The van der Waals surface area contributed by atoms with Crippen molar-refractivity contribution in [2.45, 2.75) is 149 Å². The molecule has 0 radical (unpaired) electrons. The molecule has 14 nitrogen and oxygen atoms in total. The average Bonchev–Trinajstić information content (AvgIpc) is 3.13. The number of rotatable bonds is 22. The van der Waals surface area contributed by atoms with Crippen LogP contribution < -0.4 is 0 Å². The lowest BCUT2D eigenvalue weighted by molar-refractivity contribution is -0.310. The summed E-state index contributed by atoms with van der Waals surface area (Å²) in [5.41, 5.74) is 2.06. The fraction of sp³-hybridized carbons (Fsp3) is 0.775. The van der Waals surface area contributed by atoms with Gasteiger partial charge in [0.05, 0.1) is 38.1 Å². The van der Waals surface area contributed by atoms with Crippen LogP contribution in [-0.4, -0.2) is 144 Å². The van der Waals surface area contributed by atoms with Crippen molar-refractivity contribution >= 4 is 5.97 Å². The van der Waals surface area contributed by atoms with Crippen molar-refractivity contribution in [3.8, 4) is 0 Å². The predicted molar refractivity (Wildman–Crippen MR) is 202 cm³/mol. The molecule has 0 saturated carbocycles. The standard InChI is InChI=1S/C40H70O14/c1-11-20(2)12-21(3)13-26(8)38(54-40-37(50)36(49)35(48)31(19-43)53-40)27(9)15-24(6)32(45)22(4)14-23(5)33(46)25(7)16-28(10)39(51)52-30(18-42)34(47)29(44)17-41/h13-16,20-22,25,27,29-38,40-50H,11-12,17-19H2,1-10H3/b23-14+,24-15+,26-13+,28-16+/t20?,21?,22?,25?,27?,29-,30-,31-,32?,33?,34+,35-,36+,37+,38?,40+/m1/s1. The molecular weight excluding hydrogens is 704 g/mol. The molecule has 54 heavy (non-hydrogen) atoms. The zero-order valence-electron chi connectivity index (χ0n) is 33.7. The molecule has 0 aromatic rings. The predicted octanol–water partition coefficient (Wildman–Crippen LogP) is 1.28. The lowest BCUT2D eigenvalue weighted by Crippen LogP contribution is -2.60. The highest BCUT2D eigenvalue weighted by molar-refractivity contribution is 5.88. The van der Waals surface area contributed by atoms with Gasteiger partial charge in [-0.05, 0) is 62.7 Å². The topological polar surface area (TPSA) is 247 Å². The molecule has 1 heterocycles. The SMILES string of the molecule is CCC(C)CC(C)/C=C(\C)C(O[C@@H]1O[C@H](CO)[C@@H](O)[C@H](O)[C@@H]1O)C(C)/C=C(\C)C(O)C(C)/C=C(\C)C(O)C(C)/C=C(\C)C(=O)O[C@H](CO)[C@@H](O)[C@H](O)CO. The number of carbonyl (C=O) groups excluding carboxylic acids is 1. The average molecular weight is 775 g/mol. The third kappa shape index (κ3) is 14.8. The van der Waals surface area contributed by atoms with Gasteiger partial charge in [-0.25, -0.2) is 4.79 Å². The van der Waals surface area contributed by atoms with Gasteiger partial charge in [0.15, 0.2) is 12.4 Å². The summed E-state index contributed by atoms with van der Waals surface area (Å²) in [5, 5.41) is 102. The summed E-state index contributed by atoms with van der Waals surface area (Å²) in [7, 11) is 0. The highest BCUT2D eigenvalue weighted by Gasteiger charge is 2.45. The second-order valence-electron chi connectivity index (χ2n) is 15.4. The van der Waals surface area contributed by atoms with Crippen LogP contribution in [0.25, 0.3) is 0 Å². The molecule has 0 spiro atoms. The molecule has 0 amide bonds. The van der Waals surface area contributed by atoms with E-state index in [0.29, 0.717) is 17.1 Å². The van der Waals surface area contributed by atoms with E-state index in [0.717, 1.165) is 18.4 Å². The lowest BCUT2D eigenvalue weighted by atomic mass is 9.87. The summed E-state index contributed by atoms with van der Waals surface area (Å²) in [5.74, 6) is -1.63. The van der Waals surface area contributed by atoms with E-state index in [9.17, 15) is 50.8 Å². The van der Waals surface area contributed by atoms with Gasteiger partial charge in [-0.1, -0.05) is 72.3 Å². The minimum absolute atomic E-state index is 0.0819. The highest BCUT2D eigenvalue weighted by Crippen LogP contribution is 2.30. The Labute approximate surface area is 321 Å². The molecule has 1 rings (SSSR count). The molecule has 14 heteroatoms. The molecule has 0 bridgehead atoms. The third-order valence-corrected chi connectivity index (χ3v) is 10.3. The van der Waals surface area contributed by atoms with Gasteiger partial charge in [0.1, 0.15) is 36.6 Å². The number of allylic oxidation sites excluding steroid dienone is 1. The maximum atomic E-state index is 12.6. The Morgan fingerprint density at radius 3 is 1.76 bits per heavy atom. The normalized spacial score (nSPS) is 28.3. The molecule has 0 aliphatic carbocycles. The van der Waals surface area contributed by atoms with E-state index in [-0.39, 0.29) is 17.4 Å². The zero-order chi connectivity index (χ0) is 41.6. The van der Waals surface area contributed by atoms with Crippen molar-refractivity contribution in [3.05, 3.63) is 46.6 Å². The first-order chi connectivity index (χ1) is 25.1. The molecule has 0 aromatic heterocycles. The highest BCUT2D eigenvalue weighted by atomic mass is 16.7. The summed E-state index contributed by atoms with van der Waals surface area (Å²) in [6, 6.07) is 0. The first-order valence-electron chi connectivity index (χ1n) is 19.0. The van der Waals surface area contributed by atoms with Gasteiger partial charge in [0.2, 0.25) is 0 Å². The summed E-state index contributed by atoms with van der Waals surface area (Å²) in [6.07, 6.45) is -5.59. The minimum atomic E-state index is -1.71. The van der Waals surface area contributed by atoms with Crippen molar-refractivity contribution < 1.29 is 70.1 Å². The Balaban J connectivity index is 3.23. The zero-order valence-corrected chi connectivity index (χ0v) is 33.7.